The summed E-state index contributed by atoms with van der Waals surface area (Å²) >= 11 is 0. The molecule has 0 bridgehead atoms. The van der Waals surface area contributed by atoms with Gasteiger partial charge in [-0.05, 0) is 20.8 Å². The second kappa shape index (κ2) is 8.39. The zero-order valence-electron chi connectivity index (χ0n) is 12.7. The number of ether oxygens (including phenoxy) is 2. The predicted octanol–water partition coefficient (Wildman–Crippen LogP) is 2.35. The first-order valence-electron chi connectivity index (χ1n) is 6.46. The van der Waals surface area contributed by atoms with Gasteiger partial charge < -0.3 is 14.8 Å². The lowest BCUT2D eigenvalue weighted by molar-refractivity contribution is 0.0519. The van der Waals surface area contributed by atoms with Gasteiger partial charge in [-0.3, -0.25) is 0 Å². The summed E-state index contributed by atoms with van der Waals surface area (Å²) in [5, 5.41) is 6.56. The van der Waals surface area contributed by atoms with Gasteiger partial charge in [-0.25, -0.2) is 9.48 Å². The fourth-order valence-corrected chi connectivity index (χ4v) is 1.13. The van der Waals surface area contributed by atoms with Crippen molar-refractivity contribution in [2.75, 3.05) is 13.2 Å². The molecule has 0 saturated heterocycles. The molecule has 0 radical (unpaired) electrons. The Morgan fingerprint density at radius 1 is 1.42 bits per heavy atom. The van der Waals surface area contributed by atoms with Crippen molar-refractivity contribution in [2.24, 2.45) is 7.05 Å². The second-order valence-electron chi connectivity index (χ2n) is 4.57. The molecule has 6 nitrogen and oxygen atoms in total. The largest absolute Gasteiger partial charge is 0.476 e. The highest BCUT2D eigenvalue weighted by Gasteiger charge is 2.15. The average molecular weight is 271 g/mol. The Bertz CT molecular complexity index is 369. The van der Waals surface area contributed by atoms with Crippen molar-refractivity contribution >= 4 is 6.09 Å². The monoisotopic (exact) mass is 271 g/mol. The van der Waals surface area contributed by atoms with Gasteiger partial charge in [-0.1, -0.05) is 13.8 Å². The van der Waals surface area contributed by atoms with Gasteiger partial charge in [0, 0.05) is 13.1 Å². The Hall–Kier alpha value is -1.72. The van der Waals surface area contributed by atoms with Gasteiger partial charge in [0.2, 0.25) is 5.88 Å². The SMILES string of the molecule is CC.Cn1nccc1OCCNC(=O)OC(C)(C)C. The fourth-order valence-electron chi connectivity index (χ4n) is 1.13. The summed E-state index contributed by atoms with van der Waals surface area (Å²) in [6.45, 7) is 10.2. The van der Waals surface area contributed by atoms with Crippen molar-refractivity contribution in [1.29, 1.82) is 0 Å². The minimum absolute atomic E-state index is 0.374. The lowest BCUT2D eigenvalue weighted by Crippen LogP contribution is -2.34. The van der Waals surface area contributed by atoms with Crippen molar-refractivity contribution in [3.05, 3.63) is 12.3 Å². The number of nitrogens with one attached hydrogen (secondary N) is 1. The Labute approximate surface area is 115 Å². The van der Waals surface area contributed by atoms with Crippen LogP contribution in [0.4, 0.5) is 4.79 Å². The molecule has 1 amide bonds. The molecule has 0 aliphatic carbocycles. The standard InChI is InChI=1S/C11H19N3O3.C2H6/c1-11(2,3)17-10(15)12-7-8-16-9-5-6-13-14(9)4;1-2/h5-6H,7-8H2,1-4H3,(H,12,15);1-2H3. The molecule has 6 heteroatoms. The van der Waals surface area contributed by atoms with Crippen LogP contribution in [0.15, 0.2) is 12.3 Å². The van der Waals surface area contributed by atoms with E-state index < -0.39 is 11.7 Å². The first-order chi connectivity index (χ1) is 8.88. The van der Waals surface area contributed by atoms with Gasteiger partial charge in [-0.15, -0.1) is 0 Å². The molecule has 0 saturated carbocycles. The third kappa shape index (κ3) is 8.07. The first-order valence-corrected chi connectivity index (χ1v) is 6.46. The summed E-state index contributed by atoms with van der Waals surface area (Å²) in [6, 6.07) is 1.76. The molecule has 0 aromatic carbocycles. The number of aromatic nitrogens is 2. The third-order valence-corrected chi connectivity index (χ3v) is 1.80. The van der Waals surface area contributed by atoms with Crippen LogP contribution in [0, 0.1) is 0 Å². The number of carbonyl (C=O) groups is 1. The van der Waals surface area contributed by atoms with E-state index >= 15 is 0 Å². The molecule has 19 heavy (non-hydrogen) atoms. The van der Waals surface area contributed by atoms with Gasteiger partial charge in [-0.2, -0.15) is 5.10 Å². The number of carbonyl (C=O) groups excluding carboxylic acids is 1. The number of alkyl carbamates (subject to hydrolysis) is 1. The summed E-state index contributed by atoms with van der Waals surface area (Å²) in [6.07, 6.45) is 1.21. The van der Waals surface area contributed by atoms with Crippen molar-refractivity contribution < 1.29 is 14.3 Å². The number of hydrogen-bond acceptors (Lipinski definition) is 4. The molecule has 0 spiro atoms. The van der Waals surface area contributed by atoms with Gasteiger partial charge in [0.25, 0.3) is 0 Å². The Balaban J connectivity index is 0.00000154. The van der Waals surface area contributed by atoms with E-state index in [1.54, 1.807) is 24.0 Å². The number of aryl methyl sites for hydroxylation is 1. The van der Waals surface area contributed by atoms with Crippen molar-refractivity contribution in [1.82, 2.24) is 15.1 Å². The van der Waals surface area contributed by atoms with E-state index in [0.717, 1.165) is 0 Å². The average Bonchev–Trinajstić information content (AvgIpc) is 2.71. The highest BCUT2D eigenvalue weighted by Crippen LogP contribution is 2.07. The van der Waals surface area contributed by atoms with Crippen LogP contribution in [0.1, 0.15) is 34.6 Å². The smallest absolute Gasteiger partial charge is 0.407 e. The van der Waals surface area contributed by atoms with Crippen molar-refractivity contribution in [3.63, 3.8) is 0 Å². The van der Waals surface area contributed by atoms with E-state index in [4.69, 9.17) is 9.47 Å². The molecule has 0 unspecified atom stereocenters. The summed E-state index contributed by atoms with van der Waals surface area (Å²) in [5.74, 6) is 0.663. The molecule has 0 aliphatic heterocycles. The van der Waals surface area contributed by atoms with Crippen LogP contribution in [0.5, 0.6) is 5.88 Å². The Kier molecular flexibility index (Phi) is 7.63. The molecule has 0 fully saturated rings. The minimum atomic E-state index is -0.479. The molecule has 1 N–H and O–H groups in total. The van der Waals surface area contributed by atoms with Crippen LogP contribution in [0.3, 0.4) is 0 Å². The van der Waals surface area contributed by atoms with E-state index in [1.807, 2.05) is 34.6 Å². The van der Waals surface area contributed by atoms with Crippen LogP contribution in [-0.2, 0) is 11.8 Å². The normalized spacial score (nSPS) is 10.2. The zero-order valence-corrected chi connectivity index (χ0v) is 12.7. The quantitative estimate of drug-likeness (QED) is 0.854. The summed E-state index contributed by atoms with van der Waals surface area (Å²) in [7, 11) is 1.79. The molecule has 1 heterocycles. The first kappa shape index (κ1) is 17.3. The third-order valence-electron chi connectivity index (χ3n) is 1.80. The molecule has 0 atom stereocenters. The maximum atomic E-state index is 11.3. The number of amides is 1. The second-order valence-corrected chi connectivity index (χ2v) is 4.57. The predicted molar refractivity (Wildman–Crippen MR) is 74.3 cm³/mol. The summed E-state index contributed by atoms with van der Waals surface area (Å²) in [4.78, 5) is 11.3. The molecule has 1 rings (SSSR count). The van der Waals surface area contributed by atoms with Gasteiger partial charge in [0.15, 0.2) is 0 Å². The van der Waals surface area contributed by atoms with Crippen molar-refractivity contribution in [3.8, 4) is 5.88 Å². The van der Waals surface area contributed by atoms with Gasteiger partial charge in [0.05, 0.1) is 12.7 Å². The van der Waals surface area contributed by atoms with E-state index in [1.165, 1.54) is 0 Å². The number of nitrogens with zero attached hydrogens (tertiary/aromatic N) is 2. The maximum Gasteiger partial charge on any atom is 0.407 e. The van der Waals surface area contributed by atoms with Gasteiger partial charge >= 0.3 is 6.09 Å². The number of rotatable bonds is 4. The zero-order chi connectivity index (χ0) is 14.9. The van der Waals surface area contributed by atoms with Crippen LogP contribution < -0.4 is 10.1 Å². The highest BCUT2D eigenvalue weighted by molar-refractivity contribution is 5.67. The Morgan fingerprint density at radius 3 is 2.53 bits per heavy atom. The maximum absolute atomic E-state index is 11.3. The minimum Gasteiger partial charge on any atom is -0.476 e. The fraction of sp³-hybridized carbons (Fsp3) is 0.692. The molecule has 1 aromatic rings. The molecular weight excluding hydrogens is 246 g/mol. The summed E-state index contributed by atoms with van der Waals surface area (Å²) < 4.78 is 12.1. The highest BCUT2D eigenvalue weighted by atomic mass is 16.6. The van der Waals surface area contributed by atoms with Gasteiger partial charge in [0.1, 0.15) is 12.2 Å². The van der Waals surface area contributed by atoms with E-state index in [9.17, 15) is 4.79 Å². The van der Waals surface area contributed by atoms with Crippen LogP contribution in [0.25, 0.3) is 0 Å². The van der Waals surface area contributed by atoms with E-state index in [0.29, 0.717) is 19.0 Å². The molecular formula is C13H25N3O3. The van der Waals surface area contributed by atoms with Crippen LogP contribution in [0.2, 0.25) is 0 Å². The lowest BCUT2D eigenvalue weighted by atomic mass is 10.2. The van der Waals surface area contributed by atoms with Crippen LogP contribution >= 0.6 is 0 Å². The molecule has 110 valence electrons. The number of hydrogen-bond donors (Lipinski definition) is 1. The molecule has 1 aromatic heterocycles. The Morgan fingerprint density at radius 2 is 2.05 bits per heavy atom. The lowest BCUT2D eigenvalue weighted by Gasteiger charge is -2.19. The topological polar surface area (TPSA) is 65.4 Å². The van der Waals surface area contributed by atoms with Crippen LogP contribution in [-0.4, -0.2) is 34.6 Å². The summed E-state index contributed by atoms with van der Waals surface area (Å²) in [5.41, 5.74) is -0.479. The van der Waals surface area contributed by atoms with Crippen molar-refractivity contribution in [2.45, 2.75) is 40.2 Å². The molecule has 0 aliphatic rings. The van der Waals surface area contributed by atoms with E-state index in [2.05, 4.69) is 10.4 Å². The van der Waals surface area contributed by atoms with E-state index in [-0.39, 0.29) is 0 Å².